The molecule has 0 aromatic carbocycles. The van der Waals surface area contributed by atoms with Gasteiger partial charge in [0.25, 0.3) is 0 Å². The summed E-state index contributed by atoms with van der Waals surface area (Å²) < 4.78 is 4.10. The monoisotopic (exact) mass is 200 g/mol. The molecule has 0 N–H and O–H groups in total. The van der Waals surface area contributed by atoms with Crippen LogP contribution < -0.4 is 0 Å². The van der Waals surface area contributed by atoms with Crippen LogP contribution in [-0.4, -0.2) is 5.97 Å². The molecule has 2 aliphatic rings. The Morgan fingerprint density at radius 2 is 2.46 bits per heavy atom. The first-order valence-corrected chi connectivity index (χ1v) is 5.12. The minimum atomic E-state index is -0.314. The van der Waals surface area contributed by atoms with Gasteiger partial charge < -0.3 is 4.29 Å². The minimum Gasteiger partial charge on any atom is -0.348 e. The Morgan fingerprint density at radius 1 is 1.62 bits per heavy atom. The fourth-order valence-corrected chi connectivity index (χ4v) is 2.59. The van der Waals surface area contributed by atoms with E-state index in [0.29, 0.717) is 6.42 Å². The number of rotatable bonds is 3. The molecule has 0 aromatic heterocycles. The summed E-state index contributed by atoms with van der Waals surface area (Å²) in [6.45, 7) is 0. The quantitative estimate of drug-likeness (QED) is 0.655. The summed E-state index contributed by atoms with van der Waals surface area (Å²) in [5.41, 5.74) is 1.46. The van der Waals surface area contributed by atoms with Gasteiger partial charge in [0, 0.05) is 0 Å². The van der Waals surface area contributed by atoms with Crippen molar-refractivity contribution >= 4 is 17.8 Å². The van der Waals surface area contributed by atoms with Crippen molar-refractivity contribution in [3.63, 3.8) is 0 Å². The van der Waals surface area contributed by atoms with Crippen LogP contribution in [0.4, 0.5) is 0 Å². The molecule has 0 aromatic rings. The maximum Gasteiger partial charge on any atom is 0.325 e. The van der Waals surface area contributed by atoms with Gasteiger partial charge in [0.1, 0.15) is 11.9 Å². The van der Waals surface area contributed by atoms with Crippen LogP contribution in [0.1, 0.15) is 32.1 Å². The Balaban J connectivity index is 1.83. The van der Waals surface area contributed by atoms with Gasteiger partial charge >= 0.3 is 5.97 Å². The van der Waals surface area contributed by atoms with Crippen LogP contribution >= 0.6 is 11.9 Å². The molecule has 2 atom stereocenters. The largest absolute Gasteiger partial charge is 0.348 e. The molecule has 0 saturated heterocycles. The Morgan fingerprint density at radius 3 is 3.00 bits per heavy atom. The molecule has 2 rings (SSSR count). The summed E-state index contributed by atoms with van der Waals surface area (Å²) in [5, 5.41) is 0. The van der Waals surface area contributed by atoms with E-state index in [9.17, 15) is 4.79 Å². The van der Waals surface area contributed by atoms with Gasteiger partial charge in [0.2, 0.25) is 0 Å². The van der Waals surface area contributed by atoms with Gasteiger partial charge in [-0.3, -0.25) is 4.79 Å². The highest BCUT2D eigenvalue weighted by Gasteiger charge is 2.32. The first-order valence-electron chi connectivity index (χ1n) is 4.81. The third kappa shape index (κ3) is 1.88. The molecule has 0 aliphatic heterocycles. The standard InChI is InChI=1S/C10H13ClO2/c11-13-10(12)4-3-9-6-7-1-2-8(9)5-7/h6-8H,1-5H2. The van der Waals surface area contributed by atoms with Crippen LogP contribution in [0.3, 0.4) is 0 Å². The molecule has 0 amide bonds. The van der Waals surface area contributed by atoms with Gasteiger partial charge in [-0.15, -0.1) is 0 Å². The predicted octanol–water partition coefficient (Wildman–Crippen LogP) is 2.82. The normalized spacial score (nSPS) is 30.4. The molecule has 1 fully saturated rings. The number of carbonyl (C=O) groups is 1. The number of carbonyl (C=O) groups excluding carboxylic acids is 1. The zero-order valence-electron chi connectivity index (χ0n) is 7.46. The van der Waals surface area contributed by atoms with Crippen LogP contribution in [0.2, 0.25) is 0 Å². The van der Waals surface area contributed by atoms with Crippen molar-refractivity contribution < 1.29 is 9.08 Å². The van der Waals surface area contributed by atoms with Gasteiger partial charge in [-0.1, -0.05) is 11.6 Å². The van der Waals surface area contributed by atoms with Crippen LogP contribution in [0.15, 0.2) is 11.6 Å². The third-order valence-corrected chi connectivity index (χ3v) is 3.32. The molecule has 2 bridgehead atoms. The van der Waals surface area contributed by atoms with E-state index in [0.717, 1.165) is 18.3 Å². The molecular formula is C10H13ClO2. The fraction of sp³-hybridized carbons (Fsp3) is 0.700. The highest BCUT2D eigenvalue weighted by molar-refractivity contribution is 6.13. The molecule has 0 heterocycles. The zero-order chi connectivity index (χ0) is 9.26. The van der Waals surface area contributed by atoms with E-state index in [-0.39, 0.29) is 5.97 Å². The van der Waals surface area contributed by atoms with Crippen molar-refractivity contribution in [3.05, 3.63) is 11.6 Å². The molecule has 2 unspecified atom stereocenters. The fourth-order valence-electron chi connectivity index (χ4n) is 2.52. The van der Waals surface area contributed by atoms with Crippen LogP contribution in [-0.2, 0) is 9.08 Å². The van der Waals surface area contributed by atoms with E-state index in [1.54, 1.807) is 0 Å². The van der Waals surface area contributed by atoms with Crippen molar-refractivity contribution in [2.75, 3.05) is 0 Å². The highest BCUT2D eigenvalue weighted by Crippen LogP contribution is 2.45. The maximum atomic E-state index is 10.8. The van der Waals surface area contributed by atoms with Gasteiger partial charge in [0.05, 0.1) is 6.42 Å². The summed E-state index contributed by atoms with van der Waals surface area (Å²) in [5.74, 6) is 1.24. The molecule has 0 radical (unpaired) electrons. The number of halogens is 1. The van der Waals surface area contributed by atoms with Crippen molar-refractivity contribution in [1.82, 2.24) is 0 Å². The lowest BCUT2D eigenvalue weighted by Crippen LogP contribution is -2.02. The molecule has 1 saturated carbocycles. The van der Waals surface area contributed by atoms with Gasteiger partial charge in [-0.05, 0) is 37.5 Å². The van der Waals surface area contributed by atoms with Gasteiger partial charge in [-0.25, -0.2) is 0 Å². The third-order valence-electron chi connectivity index (χ3n) is 3.15. The lowest BCUT2D eigenvalue weighted by Gasteiger charge is -2.11. The lowest BCUT2D eigenvalue weighted by atomic mass is 9.95. The van der Waals surface area contributed by atoms with E-state index >= 15 is 0 Å². The summed E-state index contributed by atoms with van der Waals surface area (Å²) in [4.78, 5) is 10.8. The second-order valence-corrected chi connectivity index (χ2v) is 4.12. The van der Waals surface area contributed by atoms with E-state index < -0.39 is 0 Å². The predicted molar refractivity (Wildman–Crippen MR) is 50.1 cm³/mol. The second kappa shape index (κ2) is 3.70. The van der Waals surface area contributed by atoms with Crippen LogP contribution in [0.25, 0.3) is 0 Å². The van der Waals surface area contributed by atoms with Crippen molar-refractivity contribution in [2.45, 2.75) is 32.1 Å². The van der Waals surface area contributed by atoms with Crippen molar-refractivity contribution in [3.8, 4) is 0 Å². The smallest absolute Gasteiger partial charge is 0.325 e. The molecule has 72 valence electrons. The maximum absolute atomic E-state index is 10.8. The SMILES string of the molecule is O=C(CCC1=CC2CCC1C2)OCl. The number of hydrogen-bond donors (Lipinski definition) is 0. The number of fused-ring (bicyclic) bond motifs is 2. The second-order valence-electron chi connectivity index (χ2n) is 3.96. The van der Waals surface area contributed by atoms with Crippen molar-refractivity contribution in [2.24, 2.45) is 11.8 Å². The van der Waals surface area contributed by atoms with Gasteiger partial charge in [-0.2, -0.15) is 0 Å². The average Bonchev–Trinajstić information content (AvgIpc) is 2.74. The zero-order valence-corrected chi connectivity index (χ0v) is 8.22. The van der Waals surface area contributed by atoms with E-state index in [2.05, 4.69) is 10.4 Å². The summed E-state index contributed by atoms with van der Waals surface area (Å²) in [7, 11) is 0. The Hall–Kier alpha value is -0.500. The molecule has 2 nitrogen and oxygen atoms in total. The van der Waals surface area contributed by atoms with Crippen LogP contribution in [0, 0.1) is 11.8 Å². The Labute approximate surface area is 83.1 Å². The Kier molecular flexibility index (Phi) is 2.58. The molecule has 13 heavy (non-hydrogen) atoms. The van der Waals surface area contributed by atoms with E-state index in [1.165, 1.54) is 24.8 Å². The number of allylic oxidation sites excluding steroid dienone is 2. The molecule has 3 heteroatoms. The summed E-state index contributed by atoms with van der Waals surface area (Å²) in [6, 6.07) is 0. The summed E-state index contributed by atoms with van der Waals surface area (Å²) in [6.07, 6.45) is 7.58. The minimum absolute atomic E-state index is 0.314. The van der Waals surface area contributed by atoms with E-state index in [1.807, 2.05) is 0 Å². The first-order chi connectivity index (χ1) is 6.29. The molecule has 2 aliphatic carbocycles. The van der Waals surface area contributed by atoms with Crippen LogP contribution in [0.5, 0.6) is 0 Å². The highest BCUT2D eigenvalue weighted by atomic mass is 35.5. The van der Waals surface area contributed by atoms with Gasteiger partial charge in [0.15, 0.2) is 0 Å². The van der Waals surface area contributed by atoms with E-state index in [4.69, 9.17) is 11.9 Å². The average molecular weight is 201 g/mol. The van der Waals surface area contributed by atoms with Crippen molar-refractivity contribution in [1.29, 1.82) is 0 Å². The lowest BCUT2D eigenvalue weighted by molar-refractivity contribution is -0.133. The summed E-state index contributed by atoms with van der Waals surface area (Å²) >= 11 is 4.95. The Bertz CT molecular complexity index is 247. The molecular weight excluding hydrogens is 188 g/mol. The number of hydrogen-bond acceptors (Lipinski definition) is 2. The topological polar surface area (TPSA) is 26.3 Å². The first kappa shape index (κ1) is 9.07. The molecule has 0 spiro atoms.